The quantitative estimate of drug-likeness (QED) is 0.850. The minimum absolute atomic E-state index is 0.287. The van der Waals surface area contributed by atoms with E-state index in [1.54, 1.807) is 0 Å². The van der Waals surface area contributed by atoms with Crippen LogP contribution in [-0.4, -0.2) is 47.2 Å². The van der Waals surface area contributed by atoms with Crippen LogP contribution in [0.4, 0.5) is 0 Å². The molecule has 0 bridgehead atoms. The second-order valence-electron chi connectivity index (χ2n) is 5.92. The molecule has 3 nitrogen and oxygen atoms in total. The van der Waals surface area contributed by atoms with Crippen LogP contribution in [0.3, 0.4) is 0 Å². The van der Waals surface area contributed by atoms with E-state index in [0.29, 0.717) is 6.04 Å². The Hall–Kier alpha value is 0.130. The molecule has 1 N–H and O–H groups in total. The zero-order chi connectivity index (χ0) is 13.1. The zero-order valence-electron chi connectivity index (χ0n) is 11.7. The first-order valence-corrected chi connectivity index (χ1v) is 9.66. The van der Waals surface area contributed by atoms with Crippen molar-refractivity contribution < 1.29 is 4.74 Å². The van der Waals surface area contributed by atoms with E-state index in [0.717, 1.165) is 31.3 Å². The average Bonchev–Trinajstić information content (AvgIpc) is 2.82. The van der Waals surface area contributed by atoms with Crippen LogP contribution in [0.2, 0.25) is 0 Å². The number of hydrogen-bond acceptors (Lipinski definition) is 4. The molecule has 0 aromatic heterocycles. The summed E-state index contributed by atoms with van der Waals surface area (Å²) < 4.78 is 5.48. The van der Waals surface area contributed by atoms with Crippen molar-refractivity contribution in [3.63, 3.8) is 0 Å². The molecule has 3 fully saturated rings. The minimum atomic E-state index is 0.287. The van der Waals surface area contributed by atoms with Crippen LogP contribution < -0.4 is 5.32 Å². The maximum atomic E-state index is 5.48. The molecule has 0 amide bonds. The van der Waals surface area contributed by atoms with Gasteiger partial charge in [-0.3, -0.25) is 4.99 Å². The molecule has 5 heteroatoms. The molecule has 1 saturated carbocycles. The van der Waals surface area contributed by atoms with Gasteiger partial charge >= 0.3 is 0 Å². The van der Waals surface area contributed by atoms with Gasteiger partial charge in [0.25, 0.3) is 0 Å². The van der Waals surface area contributed by atoms with Gasteiger partial charge in [-0.2, -0.15) is 11.8 Å². The topological polar surface area (TPSA) is 33.6 Å². The van der Waals surface area contributed by atoms with Crippen LogP contribution in [0.1, 0.15) is 38.5 Å². The van der Waals surface area contributed by atoms with Crippen LogP contribution in [-0.2, 0) is 4.74 Å². The van der Waals surface area contributed by atoms with E-state index >= 15 is 0 Å². The second kappa shape index (κ2) is 6.27. The first kappa shape index (κ1) is 14.1. The number of nitrogens with zero attached hydrogens (tertiary/aromatic N) is 1. The molecule has 2 heterocycles. The van der Waals surface area contributed by atoms with Crippen molar-refractivity contribution in [3.05, 3.63) is 0 Å². The van der Waals surface area contributed by atoms with Crippen LogP contribution in [0.5, 0.6) is 0 Å². The SMILES string of the molecule is CSC1CCCC(N=C2NC3(CCOCC3)CS2)C1. The van der Waals surface area contributed by atoms with E-state index in [2.05, 4.69) is 11.6 Å². The van der Waals surface area contributed by atoms with Gasteiger partial charge in [0.15, 0.2) is 5.17 Å². The highest BCUT2D eigenvalue weighted by molar-refractivity contribution is 8.14. The van der Waals surface area contributed by atoms with E-state index in [1.807, 2.05) is 23.5 Å². The fourth-order valence-electron chi connectivity index (χ4n) is 3.22. The largest absolute Gasteiger partial charge is 0.381 e. The van der Waals surface area contributed by atoms with Gasteiger partial charge in [0.1, 0.15) is 0 Å². The summed E-state index contributed by atoms with van der Waals surface area (Å²) in [6.07, 6.45) is 9.77. The van der Waals surface area contributed by atoms with Crippen molar-refractivity contribution in [1.29, 1.82) is 0 Å². The van der Waals surface area contributed by atoms with Crippen LogP contribution in [0.25, 0.3) is 0 Å². The standard InChI is InChI=1S/C14H24N2OS2/c1-18-12-4-2-3-11(9-12)15-13-16-14(10-19-13)5-7-17-8-6-14/h11-12H,2-10H2,1H3,(H,15,16). The van der Waals surface area contributed by atoms with Crippen LogP contribution >= 0.6 is 23.5 Å². The predicted molar refractivity (Wildman–Crippen MR) is 85.4 cm³/mol. The molecule has 1 spiro atoms. The molecule has 0 radical (unpaired) electrons. The summed E-state index contributed by atoms with van der Waals surface area (Å²) in [4.78, 5) is 5.00. The third-order valence-corrected chi connectivity index (χ3v) is 6.81. The molecule has 2 unspecified atom stereocenters. The van der Waals surface area contributed by atoms with Crippen LogP contribution in [0.15, 0.2) is 4.99 Å². The van der Waals surface area contributed by atoms with Crippen molar-refractivity contribution in [2.75, 3.05) is 25.2 Å². The third-order valence-electron chi connectivity index (χ3n) is 4.54. The highest BCUT2D eigenvalue weighted by Gasteiger charge is 2.39. The summed E-state index contributed by atoms with van der Waals surface area (Å²) in [6, 6.07) is 0.552. The van der Waals surface area contributed by atoms with Crippen molar-refractivity contribution in [2.45, 2.75) is 55.4 Å². The fraction of sp³-hybridized carbons (Fsp3) is 0.929. The Morgan fingerprint density at radius 2 is 2.21 bits per heavy atom. The fourth-order valence-corrected chi connectivity index (χ4v) is 5.33. The van der Waals surface area contributed by atoms with Gasteiger partial charge in [-0.15, -0.1) is 0 Å². The summed E-state index contributed by atoms with van der Waals surface area (Å²) in [5.41, 5.74) is 0.287. The van der Waals surface area contributed by atoms with E-state index in [1.165, 1.54) is 36.6 Å². The Bertz CT molecular complexity index is 342. The molecule has 0 aromatic carbocycles. The van der Waals surface area contributed by atoms with E-state index in [4.69, 9.17) is 9.73 Å². The van der Waals surface area contributed by atoms with E-state index in [-0.39, 0.29) is 5.54 Å². The van der Waals surface area contributed by atoms with Gasteiger partial charge in [0.2, 0.25) is 0 Å². The van der Waals surface area contributed by atoms with E-state index < -0.39 is 0 Å². The minimum Gasteiger partial charge on any atom is -0.381 e. The molecule has 2 saturated heterocycles. The third kappa shape index (κ3) is 3.42. The van der Waals surface area contributed by atoms with Gasteiger partial charge in [-0.1, -0.05) is 18.2 Å². The second-order valence-corrected chi connectivity index (χ2v) is 8.02. The molecule has 2 aliphatic heterocycles. The maximum absolute atomic E-state index is 5.48. The number of ether oxygens (including phenoxy) is 1. The summed E-state index contributed by atoms with van der Waals surface area (Å²) in [7, 11) is 0. The van der Waals surface area contributed by atoms with E-state index in [9.17, 15) is 0 Å². The maximum Gasteiger partial charge on any atom is 0.157 e. The first-order valence-electron chi connectivity index (χ1n) is 7.39. The van der Waals surface area contributed by atoms with Crippen molar-refractivity contribution in [3.8, 4) is 0 Å². The molecular formula is C14H24N2OS2. The molecule has 108 valence electrons. The van der Waals surface area contributed by atoms with Crippen molar-refractivity contribution in [1.82, 2.24) is 5.32 Å². The smallest absolute Gasteiger partial charge is 0.157 e. The average molecular weight is 300 g/mol. The number of rotatable bonds is 2. The number of nitrogens with one attached hydrogen (secondary N) is 1. The van der Waals surface area contributed by atoms with Gasteiger partial charge in [-0.05, 0) is 38.4 Å². The number of amidine groups is 1. The normalized spacial score (nSPS) is 36.6. The lowest BCUT2D eigenvalue weighted by Crippen LogP contribution is -2.48. The molecule has 3 aliphatic rings. The molecule has 1 aliphatic carbocycles. The summed E-state index contributed by atoms with van der Waals surface area (Å²) in [6.45, 7) is 1.80. The molecule has 2 atom stereocenters. The highest BCUT2D eigenvalue weighted by Crippen LogP contribution is 2.34. The molecule has 0 aromatic rings. The summed E-state index contributed by atoms with van der Waals surface area (Å²) in [5, 5.41) is 5.74. The lowest BCUT2D eigenvalue weighted by molar-refractivity contribution is 0.0555. The Labute approximate surface area is 124 Å². The van der Waals surface area contributed by atoms with Crippen molar-refractivity contribution in [2.24, 2.45) is 4.99 Å². The van der Waals surface area contributed by atoms with Gasteiger partial charge < -0.3 is 10.1 Å². The van der Waals surface area contributed by atoms with Gasteiger partial charge in [0, 0.05) is 24.2 Å². The zero-order valence-corrected chi connectivity index (χ0v) is 13.3. The summed E-state index contributed by atoms with van der Waals surface area (Å²) in [5.74, 6) is 1.17. The monoisotopic (exact) mass is 300 g/mol. The molecule has 3 rings (SSSR count). The Morgan fingerprint density at radius 1 is 1.37 bits per heavy atom. The summed E-state index contributed by atoms with van der Waals surface area (Å²) >= 11 is 3.94. The van der Waals surface area contributed by atoms with Crippen LogP contribution in [0, 0.1) is 0 Å². The Balaban J connectivity index is 1.59. The lowest BCUT2D eigenvalue weighted by Gasteiger charge is -2.33. The lowest BCUT2D eigenvalue weighted by atomic mass is 9.93. The Morgan fingerprint density at radius 3 is 3.00 bits per heavy atom. The number of hydrogen-bond donors (Lipinski definition) is 1. The van der Waals surface area contributed by atoms with Gasteiger partial charge in [0.05, 0.1) is 11.6 Å². The number of aliphatic imine (C=N–C) groups is 1. The Kier molecular flexibility index (Phi) is 4.65. The highest BCUT2D eigenvalue weighted by atomic mass is 32.2. The van der Waals surface area contributed by atoms with Crippen molar-refractivity contribution >= 4 is 28.7 Å². The first-order chi connectivity index (χ1) is 9.30. The van der Waals surface area contributed by atoms with Gasteiger partial charge in [-0.25, -0.2) is 0 Å². The number of thioether (sulfide) groups is 2. The predicted octanol–water partition coefficient (Wildman–Crippen LogP) is 2.90. The molecular weight excluding hydrogens is 276 g/mol. The molecule has 19 heavy (non-hydrogen) atoms.